The maximum absolute atomic E-state index is 12.2. The van der Waals surface area contributed by atoms with Gasteiger partial charge in [0.1, 0.15) is 0 Å². The zero-order valence-corrected chi connectivity index (χ0v) is 10.6. The first-order valence-electron chi connectivity index (χ1n) is 6.73. The molecule has 18 heavy (non-hydrogen) atoms. The molecule has 1 amide bonds. The van der Waals surface area contributed by atoms with Gasteiger partial charge in [-0.2, -0.15) is 0 Å². The van der Waals surface area contributed by atoms with Crippen LogP contribution in [0.2, 0.25) is 0 Å². The zero-order valence-electron chi connectivity index (χ0n) is 10.6. The van der Waals surface area contributed by atoms with Gasteiger partial charge in [-0.05, 0) is 25.7 Å². The van der Waals surface area contributed by atoms with Gasteiger partial charge in [-0.25, -0.2) is 0 Å². The van der Waals surface area contributed by atoms with Gasteiger partial charge in [0.25, 0.3) is 0 Å². The van der Waals surface area contributed by atoms with Crippen LogP contribution in [0.4, 0.5) is 0 Å². The lowest BCUT2D eigenvalue weighted by Crippen LogP contribution is -2.45. The SMILES string of the molecule is O=C(CC1(C(=O)O)CCCC1)N1CCCC(O)C1. The minimum Gasteiger partial charge on any atom is -0.481 e. The Labute approximate surface area is 107 Å². The summed E-state index contributed by atoms with van der Waals surface area (Å²) in [5.74, 6) is -0.955. The number of aliphatic hydroxyl groups excluding tert-OH is 1. The molecular weight excluding hydrogens is 234 g/mol. The van der Waals surface area contributed by atoms with Crippen LogP contribution in [0.25, 0.3) is 0 Å². The van der Waals surface area contributed by atoms with E-state index in [0.717, 1.165) is 25.7 Å². The van der Waals surface area contributed by atoms with Crippen LogP contribution in [0, 0.1) is 5.41 Å². The first kappa shape index (κ1) is 13.3. The zero-order chi connectivity index (χ0) is 13.2. The van der Waals surface area contributed by atoms with Crippen molar-refractivity contribution in [3.8, 4) is 0 Å². The third-order valence-corrected chi connectivity index (χ3v) is 4.25. The van der Waals surface area contributed by atoms with Crippen molar-refractivity contribution >= 4 is 11.9 Å². The number of nitrogens with zero attached hydrogens (tertiary/aromatic N) is 1. The highest BCUT2D eigenvalue weighted by atomic mass is 16.4. The summed E-state index contributed by atoms with van der Waals surface area (Å²) in [6.45, 7) is 1.00. The molecule has 2 rings (SSSR count). The van der Waals surface area contributed by atoms with Crippen LogP contribution < -0.4 is 0 Å². The molecule has 1 atom stereocenters. The van der Waals surface area contributed by atoms with E-state index in [4.69, 9.17) is 0 Å². The molecule has 5 heteroatoms. The normalized spacial score (nSPS) is 27.2. The highest BCUT2D eigenvalue weighted by Crippen LogP contribution is 2.41. The van der Waals surface area contributed by atoms with Crippen molar-refractivity contribution in [2.75, 3.05) is 13.1 Å². The maximum atomic E-state index is 12.2. The van der Waals surface area contributed by atoms with E-state index in [1.807, 2.05) is 0 Å². The molecule has 102 valence electrons. The molecule has 1 unspecified atom stereocenters. The minimum absolute atomic E-state index is 0.0923. The van der Waals surface area contributed by atoms with Gasteiger partial charge in [-0.15, -0.1) is 0 Å². The molecule has 1 saturated carbocycles. The molecule has 1 saturated heterocycles. The van der Waals surface area contributed by atoms with Crippen molar-refractivity contribution in [3.63, 3.8) is 0 Å². The molecule has 1 heterocycles. The summed E-state index contributed by atoms with van der Waals surface area (Å²) in [7, 11) is 0. The number of hydrogen-bond donors (Lipinski definition) is 2. The largest absolute Gasteiger partial charge is 0.481 e. The van der Waals surface area contributed by atoms with Crippen molar-refractivity contribution < 1.29 is 19.8 Å². The standard InChI is InChI=1S/C13H21NO4/c15-10-4-3-7-14(9-10)11(16)8-13(12(17)18)5-1-2-6-13/h10,15H,1-9H2,(H,17,18). The molecule has 0 aromatic carbocycles. The fourth-order valence-electron chi connectivity index (χ4n) is 3.10. The summed E-state index contributed by atoms with van der Waals surface area (Å²) < 4.78 is 0. The lowest BCUT2D eigenvalue weighted by Gasteiger charge is -2.33. The van der Waals surface area contributed by atoms with Gasteiger partial charge in [0.2, 0.25) is 5.91 Å². The predicted octanol–water partition coefficient (Wildman–Crippen LogP) is 1.00. The Kier molecular flexibility index (Phi) is 3.90. The summed E-state index contributed by atoms with van der Waals surface area (Å²) in [6.07, 6.45) is 4.15. The molecule has 1 aliphatic heterocycles. The molecule has 0 spiro atoms. The molecule has 2 fully saturated rings. The number of carboxylic acids is 1. The number of carbonyl (C=O) groups excluding carboxylic acids is 1. The smallest absolute Gasteiger partial charge is 0.310 e. The van der Waals surface area contributed by atoms with Crippen LogP contribution >= 0.6 is 0 Å². The van der Waals surface area contributed by atoms with E-state index < -0.39 is 17.5 Å². The summed E-state index contributed by atoms with van der Waals surface area (Å²) in [5.41, 5.74) is -0.848. The van der Waals surface area contributed by atoms with Gasteiger partial charge in [0.05, 0.1) is 11.5 Å². The number of carboxylic acid groups (broad SMARTS) is 1. The van der Waals surface area contributed by atoms with Crippen molar-refractivity contribution in [1.29, 1.82) is 0 Å². The van der Waals surface area contributed by atoms with Crippen LogP contribution in [0.3, 0.4) is 0 Å². The number of aliphatic hydroxyl groups is 1. The van der Waals surface area contributed by atoms with Crippen molar-refractivity contribution in [2.45, 2.75) is 51.0 Å². The molecule has 2 N–H and O–H groups in total. The Hall–Kier alpha value is -1.10. The topological polar surface area (TPSA) is 77.8 Å². The Morgan fingerprint density at radius 3 is 2.44 bits per heavy atom. The number of β-amino-alcohol motifs (C(OH)–C–C–N with tert-alkyl or cyclic N) is 1. The average molecular weight is 255 g/mol. The van der Waals surface area contributed by atoms with Gasteiger partial charge < -0.3 is 15.1 Å². The predicted molar refractivity (Wildman–Crippen MR) is 65.0 cm³/mol. The molecule has 0 radical (unpaired) electrons. The third kappa shape index (κ3) is 2.66. The van der Waals surface area contributed by atoms with Crippen molar-refractivity contribution in [1.82, 2.24) is 4.90 Å². The number of piperidine rings is 1. The van der Waals surface area contributed by atoms with Gasteiger partial charge >= 0.3 is 5.97 Å². The van der Waals surface area contributed by atoms with E-state index in [9.17, 15) is 19.8 Å². The van der Waals surface area contributed by atoms with Gasteiger partial charge in [0, 0.05) is 19.5 Å². The lowest BCUT2D eigenvalue weighted by atomic mass is 9.82. The second-order valence-electron chi connectivity index (χ2n) is 5.61. The molecular formula is C13H21NO4. The number of aliphatic carboxylic acids is 1. The number of rotatable bonds is 3. The molecule has 2 aliphatic rings. The molecule has 0 aromatic heterocycles. The summed E-state index contributed by atoms with van der Waals surface area (Å²) in [6, 6.07) is 0. The first-order valence-corrected chi connectivity index (χ1v) is 6.73. The van der Waals surface area contributed by atoms with Gasteiger partial charge in [-0.1, -0.05) is 12.8 Å². The summed E-state index contributed by atoms with van der Waals surface area (Å²) in [5, 5.41) is 18.9. The third-order valence-electron chi connectivity index (χ3n) is 4.25. The second-order valence-corrected chi connectivity index (χ2v) is 5.61. The molecule has 0 aromatic rings. The van der Waals surface area contributed by atoms with E-state index >= 15 is 0 Å². The number of likely N-dealkylation sites (tertiary alicyclic amines) is 1. The van der Waals surface area contributed by atoms with Crippen LogP contribution in [-0.4, -0.2) is 46.2 Å². The first-order chi connectivity index (χ1) is 8.53. The fraction of sp³-hybridized carbons (Fsp3) is 0.846. The summed E-state index contributed by atoms with van der Waals surface area (Å²) in [4.78, 5) is 25.2. The van der Waals surface area contributed by atoms with E-state index in [-0.39, 0.29) is 12.3 Å². The monoisotopic (exact) mass is 255 g/mol. The molecule has 1 aliphatic carbocycles. The van der Waals surface area contributed by atoms with E-state index in [1.54, 1.807) is 4.90 Å². The number of carbonyl (C=O) groups is 2. The number of amides is 1. The highest BCUT2D eigenvalue weighted by molar-refractivity contribution is 5.85. The van der Waals surface area contributed by atoms with Gasteiger partial charge in [-0.3, -0.25) is 9.59 Å². The summed E-state index contributed by atoms with van der Waals surface area (Å²) >= 11 is 0. The van der Waals surface area contributed by atoms with Crippen LogP contribution in [-0.2, 0) is 9.59 Å². The van der Waals surface area contributed by atoms with Crippen LogP contribution in [0.15, 0.2) is 0 Å². The van der Waals surface area contributed by atoms with Gasteiger partial charge in [0.15, 0.2) is 0 Å². The Balaban J connectivity index is 1.99. The fourth-order valence-corrected chi connectivity index (χ4v) is 3.10. The van der Waals surface area contributed by atoms with Crippen molar-refractivity contribution in [3.05, 3.63) is 0 Å². The van der Waals surface area contributed by atoms with Crippen molar-refractivity contribution in [2.24, 2.45) is 5.41 Å². The average Bonchev–Trinajstić information content (AvgIpc) is 2.79. The number of hydrogen-bond acceptors (Lipinski definition) is 3. The second kappa shape index (κ2) is 5.26. The lowest BCUT2D eigenvalue weighted by molar-refractivity contribution is -0.154. The highest BCUT2D eigenvalue weighted by Gasteiger charge is 2.44. The molecule has 0 bridgehead atoms. The Morgan fingerprint density at radius 2 is 1.89 bits per heavy atom. The van der Waals surface area contributed by atoms with Crippen LogP contribution in [0.5, 0.6) is 0 Å². The maximum Gasteiger partial charge on any atom is 0.310 e. The Bertz CT molecular complexity index is 336. The van der Waals surface area contributed by atoms with E-state index in [1.165, 1.54) is 0 Å². The minimum atomic E-state index is -0.848. The van der Waals surface area contributed by atoms with E-state index in [2.05, 4.69) is 0 Å². The van der Waals surface area contributed by atoms with E-state index in [0.29, 0.717) is 25.9 Å². The quantitative estimate of drug-likeness (QED) is 0.788. The van der Waals surface area contributed by atoms with Crippen LogP contribution in [0.1, 0.15) is 44.9 Å². The Morgan fingerprint density at radius 1 is 1.22 bits per heavy atom. The molecule has 5 nitrogen and oxygen atoms in total.